The summed E-state index contributed by atoms with van der Waals surface area (Å²) in [5.41, 5.74) is 3.46. The third kappa shape index (κ3) is 7.61. The van der Waals surface area contributed by atoms with Gasteiger partial charge in [-0.15, -0.1) is 13.2 Å². The summed E-state index contributed by atoms with van der Waals surface area (Å²) >= 11 is 0. The van der Waals surface area contributed by atoms with E-state index in [-0.39, 0.29) is 10.8 Å². The average Bonchev–Trinajstić information content (AvgIpc) is 3.10. The fourth-order valence-corrected chi connectivity index (χ4v) is 3.77. The second-order valence-electron chi connectivity index (χ2n) is 8.09. The molecule has 0 bridgehead atoms. The Morgan fingerprint density at radius 3 is 2.56 bits per heavy atom. The highest BCUT2D eigenvalue weighted by molar-refractivity contribution is 6.07. The van der Waals surface area contributed by atoms with Gasteiger partial charge in [0.1, 0.15) is 11.6 Å². The molecule has 1 unspecified atom stereocenters. The number of allylic oxidation sites excluding steroid dienone is 1. The van der Waals surface area contributed by atoms with Crippen LogP contribution in [0, 0.1) is 5.21 Å². The quantitative estimate of drug-likeness (QED) is 0.369. The average molecular weight is 481 g/mol. The number of halogens is 3. The SMILES string of the molecule is CCC1=CNc2c(ccn2CCC[NH+]([O-])CCCOC)C(=Nc2ccc(OC(F)(F)F)cc2)C1. The van der Waals surface area contributed by atoms with Gasteiger partial charge in [0.15, 0.2) is 0 Å². The molecule has 0 saturated heterocycles. The summed E-state index contributed by atoms with van der Waals surface area (Å²) in [5.74, 6) is 0.614. The predicted molar refractivity (Wildman–Crippen MR) is 126 cm³/mol. The normalized spacial score (nSPS) is 15.9. The van der Waals surface area contributed by atoms with Crippen LogP contribution in [0.4, 0.5) is 24.7 Å². The van der Waals surface area contributed by atoms with Crippen LogP contribution in [-0.2, 0) is 11.3 Å². The third-order valence-corrected chi connectivity index (χ3v) is 5.53. The van der Waals surface area contributed by atoms with Gasteiger partial charge < -0.3 is 29.6 Å². The first kappa shape index (κ1) is 25.8. The lowest BCUT2D eigenvalue weighted by Crippen LogP contribution is -3.07. The summed E-state index contributed by atoms with van der Waals surface area (Å²) < 4.78 is 48.3. The summed E-state index contributed by atoms with van der Waals surface area (Å²) in [6.07, 6.45) is 2.15. The molecule has 0 fully saturated rings. The Morgan fingerprint density at radius 1 is 1.15 bits per heavy atom. The van der Waals surface area contributed by atoms with Crippen molar-refractivity contribution in [3.05, 3.63) is 59.1 Å². The van der Waals surface area contributed by atoms with Gasteiger partial charge in [-0.05, 0) is 42.3 Å². The second-order valence-corrected chi connectivity index (χ2v) is 8.09. The number of nitrogens with one attached hydrogen (secondary N) is 2. The van der Waals surface area contributed by atoms with Crippen molar-refractivity contribution < 1.29 is 27.7 Å². The molecule has 10 heteroatoms. The maximum atomic E-state index is 12.4. The summed E-state index contributed by atoms with van der Waals surface area (Å²) in [5, 5.41) is 15.7. The van der Waals surface area contributed by atoms with E-state index in [4.69, 9.17) is 9.73 Å². The van der Waals surface area contributed by atoms with Crippen LogP contribution in [-0.4, -0.2) is 43.4 Å². The number of alkyl halides is 3. The highest BCUT2D eigenvalue weighted by atomic mass is 19.4. The van der Waals surface area contributed by atoms with Gasteiger partial charge in [0.2, 0.25) is 0 Å². The molecular weight excluding hydrogens is 449 g/mol. The molecule has 3 rings (SSSR count). The Morgan fingerprint density at radius 2 is 1.88 bits per heavy atom. The Balaban J connectivity index is 1.74. The Bertz CT molecular complexity index is 984. The van der Waals surface area contributed by atoms with E-state index in [1.54, 1.807) is 7.11 Å². The van der Waals surface area contributed by atoms with Crippen molar-refractivity contribution in [2.45, 2.75) is 45.5 Å². The van der Waals surface area contributed by atoms with Crippen molar-refractivity contribution in [1.82, 2.24) is 4.57 Å². The summed E-state index contributed by atoms with van der Waals surface area (Å²) in [6, 6.07) is 7.51. The molecule has 0 aliphatic carbocycles. The molecule has 1 atom stereocenters. The molecule has 2 N–H and O–H groups in total. The minimum Gasteiger partial charge on any atom is -0.634 e. The van der Waals surface area contributed by atoms with Crippen molar-refractivity contribution >= 4 is 17.2 Å². The van der Waals surface area contributed by atoms with Gasteiger partial charge in [-0.1, -0.05) is 6.92 Å². The van der Waals surface area contributed by atoms with Gasteiger partial charge in [0.25, 0.3) is 0 Å². The zero-order chi connectivity index (χ0) is 24.6. The first-order valence-corrected chi connectivity index (χ1v) is 11.4. The van der Waals surface area contributed by atoms with Crippen LogP contribution in [0.15, 0.2) is 53.3 Å². The van der Waals surface area contributed by atoms with E-state index in [1.165, 1.54) is 24.3 Å². The van der Waals surface area contributed by atoms with Gasteiger partial charge in [0.05, 0.1) is 31.1 Å². The molecule has 34 heavy (non-hydrogen) atoms. The topological polar surface area (TPSA) is 75.3 Å². The zero-order valence-electron chi connectivity index (χ0n) is 19.5. The Hall–Kier alpha value is -2.82. The highest BCUT2D eigenvalue weighted by Gasteiger charge is 2.31. The fourth-order valence-electron chi connectivity index (χ4n) is 3.77. The van der Waals surface area contributed by atoms with E-state index in [0.29, 0.717) is 38.3 Å². The first-order chi connectivity index (χ1) is 16.3. The van der Waals surface area contributed by atoms with E-state index in [9.17, 15) is 18.4 Å². The number of anilines is 1. The van der Waals surface area contributed by atoms with Gasteiger partial charge in [-0.2, -0.15) is 0 Å². The van der Waals surface area contributed by atoms with Crippen LogP contribution in [0.2, 0.25) is 0 Å². The molecule has 7 nitrogen and oxygen atoms in total. The smallest absolute Gasteiger partial charge is 0.573 e. The number of fused-ring (bicyclic) bond motifs is 1. The molecule has 0 saturated carbocycles. The molecule has 1 aromatic carbocycles. The van der Waals surface area contributed by atoms with E-state index in [2.05, 4.69) is 21.5 Å². The number of benzene rings is 1. The summed E-state index contributed by atoms with van der Waals surface area (Å²) in [4.78, 5) is 4.74. The highest BCUT2D eigenvalue weighted by Crippen LogP contribution is 2.30. The third-order valence-electron chi connectivity index (χ3n) is 5.53. The number of aliphatic imine (C=N–C) groups is 1. The van der Waals surface area contributed by atoms with Crippen LogP contribution in [0.3, 0.4) is 0 Å². The maximum Gasteiger partial charge on any atom is 0.573 e. The molecule has 2 aromatic rings. The summed E-state index contributed by atoms with van der Waals surface area (Å²) in [6.45, 7) is 4.38. The monoisotopic (exact) mass is 480 g/mol. The molecule has 1 aromatic heterocycles. The van der Waals surface area contributed by atoms with Crippen LogP contribution in [0.1, 0.15) is 38.2 Å². The lowest BCUT2D eigenvalue weighted by molar-refractivity contribution is -0.848. The second kappa shape index (κ2) is 12.0. The Labute approximate surface area is 197 Å². The van der Waals surface area contributed by atoms with E-state index in [1.807, 2.05) is 18.5 Å². The molecule has 1 aliphatic rings. The van der Waals surface area contributed by atoms with Gasteiger partial charge in [-0.3, -0.25) is 4.99 Å². The number of hydrogen-bond donors (Lipinski definition) is 2. The number of aromatic nitrogens is 1. The number of rotatable bonds is 11. The van der Waals surface area contributed by atoms with Crippen molar-refractivity contribution in [3.63, 3.8) is 0 Å². The largest absolute Gasteiger partial charge is 0.634 e. The van der Waals surface area contributed by atoms with Crippen molar-refractivity contribution in [1.29, 1.82) is 0 Å². The zero-order valence-corrected chi connectivity index (χ0v) is 19.5. The number of hydroxylamine groups is 2. The summed E-state index contributed by atoms with van der Waals surface area (Å²) in [7, 11) is 1.63. The van der Waals surface area contributed by atoms with E-state index < -0.39 is 6.36 Å². The molecule has 0 radical (unpaired) electrons. The minimum absolute atomic E-state index is 0.233. The molecule has 186 valence electrons. The van der Waals surface area contributed by atoms with Crippen LogP contribution in [0.5, 0.6) is 5.75 Å². The Kier molecular flexibility index (Phi) is 9.14. The number of methoxy groups -OCH3 is 1. The van der Waals surface area contributed by atoms with Crippen LogP contribution in [0.25, 0.3) is 0 Å². The first-order valence-electron chi connectivity index (χ1n) is 11.4. The van der Waals surface area contributed by atoms with Crippen molar-refractivity contribution in [2.24, 2.45) is 4.99 Å². The number of quaternary nitrogens is 1. The molecule has 2 heterocycles. The molecule has 0 amide bonds. The minimum atomic E-state index is -4.73. The number of hydrogen-bond acceptors (Lipinski definition) is 5. The molecular formula is C24H31F3N4O3. The van der Waals surface area contributed by atoms with Crippen molar-refractivity contribution in [2.75, 3.05) is 32.1 Å². The lowest BCUT2D eigenvalue weighted by atomic mass is 10.0. The van der Waals surface area contributed by atoms with Gasteiger partial charge in [0, 0.05) is 50.9 Å². The standard InChI is InChI=1S/C24H31F3N4O3/c1-3-18-16-22(29-19-6-8-20(9-7-19)34-24(25,26)27)21-10-14-30(23(21)28-17-18)11-4-12-31(32)13-5-15-33-2/h6-10,14,17,28,31H,3-5,11-13,15-16H2,1-2H3. The number of ether oxygens (including phenoxy) is 2. The molecule has 0 spiro atoms. The predicted octanol–water partition coefficient (Wildman–Crippen LogP) is 4.43. The van der Waals surface area contributed by atoms with Gasteiger partial charge in [-0.25, -0.2) is 0 Å². The van der Waals surface area contributed by atoms with Crippen molar-refractivity contribution in [3.8, 4) is 5.75 Å². The molecule has 1 aliphatic heterocycles. The number of aryl methyl sites for hydroxylation is 1. The van der Waals surface area contributed by atoms with E-state index in [0.717, 1.165) is 41.9 Å². The van der Waals surface area contributed by atoms with Gasteiger partial charge >= 0.3 is 6.36 Å². The fraction of sp³-hybridized carbons (Fsp3) is 0.458. The van der Waals surface area contributed by atoms with E-state index >= 15 is 0 Å². The number of nitrogens with zero attached hydrogens (tertiary/aromatic N) is 2. The van der Waals surface area contributed by atoms with Crippen LogP contribution >= 0.6 is 0 Å². The maximum absolute atomic E-state index is 12.4. The lowest BCUT2D eigenvalue weighted by Gasteiger charge is -2.22. The van der Waals surface area contributed by atoms with Crippen LogP contribution < -0.4 is 15.1 Å².